The molecule has 0 radical (unpaired) electrons. The van der Waals surface area contributed by atoms with Gasteiger partial charge >= 0.3 is 5.97 Å². The molecule has 28 heavy (non-hydrogen) atoms. The normalized spacial score (nSPS) is 30.6. The molecule has 0 spiro atoms. The van der Waals surface area contributed by atoms with E-state index in [-0.39, 0.29) is 11.4 Å². The number of hydrogen-bond acceptors (Lipinski definition) is 4. The molecule has 0 amide bonds. The smallest absolute Gasteiger partial charge is 0.337 e. The number of benzene rings is 1. The van der Waals surface area contributed by atoms with E-state index in [2.05, 4.69) is 35.1 Å². The van der Waals surface area contributed by atoms with Crippen molar-refractivity contribution >= 4 is 11.5 Å². The van der Waals surface area contributed by atoms with Crippen LogP contribution in [0.1, 0.15) is 65.6 Å². The van der Waals surface area contributed by atoms with Crippen LogP contribution in [0.4, 0.5) is 0 Å². The summed E-state index contributed by atoms with van der Waals surface area (Å²) in [6.07, 6.45) is 13.8. The number of carbonyl (C=O) groups is 1. The Bertz CT molecular complexity index is 952. The van der Waals surface area contributed by atoms with Crippen LogP contribution in [0.3, 0.4) is 0 Å². The van der Waals surface area contributed by atoms with Crippen molar-refractivity contribution in [2.45, 2.75) is 44.9 Å². The van der Waals surface area contributed by atoms with Gasteiger partial charge in [0.2, 0.25) is 0 Å². The number of nitrogens with zero attached hydrogens (tertiary/aromatic N) is 2. The highest BCUT2D eigenvalue weighted by molar-refractivity contribution is 5.89. The zero-order valence-corrected chi connectivity index (χ0v) is 16.5. The van der Waals surface area contributed by atoms with Gasteiger partial charge in [-0.15, -0.1) is 0 Å². The first-order chi connectivity index (χ1) is 13.6. The Morgan fingerprint density at radius 3 is 2.82 bits per heavy atom. The van der Waals surface area contributed by atoms with E-state index in [0.717, 1.165) is 12.8 Å². The second-order valence-corrected chi connectivity index (χ2v) is 8.76. The van der Waals surface area contributed by atoms with Crippen LogP contribution in [0.25, 0.3) is 5.57 Å². The SMILES string of the molecule is COC(=O)c1ccc2c(c1)CC[C@@H]1[C@@H]2CC[C@]2(C)C(c3cncnc3)=CC[C@@H]12. The molecular formula is C24H26N2O2. The van der Waals surface area contributed by atoms with E-state index in [1.54, 1.807) is 6.33 Å². The van der Waals surface area contributed by atoms with Gasteiger partial charge in [0.15, 0.2) is 0 Å². The summed E-state index contributed by atoms with van der Waals surface area (Å²) in [6.45, 7) is 2.45. The molecule has 0 saturated heterocycles. The minimum Gasteiger partial charge on any atom is -0.465 e. The summed E-state index contributed by atoms with van der Waals surface area (Å²) < 4.78 is 4.90. The molecule has 1 heterocycles. The maximum Gasteiger partial charge on any atom is 0.337 e. The van der Waals surface area contributed by atoms with Gasteiger partial charge < -0.3 is 4.74 Å². The van der Waals surface area contributed by atoms with E-state index in [0.29, 0.717) is 23.3 Å². The van der Waals surface area contributed by atoms with Gasteiger partial charge in [-0.1, -0.05) is 19.1 Å². The number of esters is 1. The first-order valence-corrected chi connectivity index (χ1v) is 10.3. The third kappa shape index (κ3) is 2.54. The van der Waals surface area contributed by atoms with Gasteiger partial charge in [0.25, 0.3) is 0 Å². The van der Waals surface area contributed by atoms with E-state index in [4.69, 9.17) is 4.74 Å². The summed E-state index contributed by atoms with van der Waals surface area (Å²) in [4.78, 5) is 20.4. The van der Waals surface area contributed by atoms with Crippen LogP contribution in [0.5, 0.6) is 0 Å². The minimum absolute atomic E-state index is 0.218. The van der Waals surface area contributed by atoms with Crippen molar-refractivity contribution in [3.05, 3.63) is 65.2 Å². The van der Waals surface area contributed by atoms with Gasteiger partial charge in [0.05, 0.1) is 12.7 Å². The quantitative estimate of drug-likeness (QED) is 0.708. The molecule has 0 N–H and O–H groups in total. The van der Waals surface area contributed by atoms with Gasteiger partial charge in [-0.05, 0) is 84.1 Å². The fourth-order valence-corrected chi connectivity index (χ4v) is 6.28. The molecule has 4 atom stereocenters. The summed E-state index contributed by atoms with van der Waals surface area (Å²) in [6, 6.07) is 6.20. The topological polar surface area (TPSA) is 52.1 Å². The molecule has 1 fully saturated rings. The number of aromatic nitrogens is 2. The Hall–Kier alpha value is -2.49. The summed E-state index contributed by atoms with van der Waals surface area (Å²) in [7, 11) is 1.45. The summed E-state index contributed by atoms with van der Waals surface area (Å²) in [5, 5.41) is 0. The molecule has 0 aliphatic heterocycles. The van der Waals surface area contributed by atoms with Gasteiger partial charge in [-0.3, -0.25) is 0 Å². The predicted octanol–water partition coefficient (Wildman–Crippen LogP) is 4.81. The summed E-state index contributed by atoms with van der Waals surface area (Å²) >= 11 is 0. The molecule has 1 aromatic heterocycles. The molecule has 0 unspecified atom stereocenters. The highest BCUT2D eigenvalue weighted by Gasteiger charge is 2.51. The highest BCUT2D eigenvalue weighted by atomic mass is 16.5. The third-order valence-corrected chi connectivity index (χ3v) is 7.60. The molecule has 144 valence electrons. The molecule has 2 aromatic rings. The van der Waals surface area contributed by atoms with Crippen LogP contribution in [0.2, 0.25) is 0 Å². The summed E-state index contributed by atoms with van der Waals surface area (Å²) in [5.41, 5.74) is 6.33. The Morgan fingerprint density at radius 1 is 1.21 bits per heavy atom. The van der Waals surface area contributed by atoms with E-state index in [1.165, 1.54) is 48.6 Å². The maximum absolute atomic E-state index is 11.9. The average Bonchev–Trinajstić information content (AvgIpc) is 3.10. The van der Waals surface area contributed by atoms with Crippen molar-refractivity contribution in [2.75, 3.05) is 7.11 Å². The molecule has 4 heteroatoms. The van der Waals surface area contributed by atoms with Gasteiger partial charge in [0.1, 0.15) is 6.33 Å². The second kappa shape index (κ2) is 6.54. The van der Waals surface area contributed by atoms with Crippen LogP contribution in [-0.4, -0.2) is 23.0 Å². The lowest BCUT2D eigenvalue weighted by Crippen LogP contribution is -2.41. The van der Waals surface area contributed by atoms with Crippen molar-refractivity contribution in [1.29, 1.82) is 0 Å². The molecule has 1 aromatic carbocycles. The van der Waals surface area contributed by atoms with Crippen LogP contribution in [-0.2, 0) is 11.2 Å². The lowest BCUT2D eigenvalue weighted by atomic mass is 9.54. The monoisotopic (exact) mass is 374 g/mol. The fraction of sp³-hybridized carbons (Fsp3) is 0.458. The van der Waals surface area contributed by atoms with E-state index >= 15 is 0 Å². The first kappa shape index (κ1) is 17.6. The number of hydrogen-bond donors (Lipinski definition) is 0. The number of carbonyl (C=O) groups excluding carboxylic acids is 1. The molecular weight excluding hydrogens is 348 g/mol. The number of methoxy groups -OCH3 is 1. The van der Waals surface area contributed by atoms with Crippen LogP contribution in [0, 0.1) is 17.3 Å². The van der Waals surface area contributed by atoms with Crippen molar-refractivity contribution < 1.29 is 9.53 Å². The van der Waals surface area contributed by atoms with E-state index < -0.39 is 0 Å². The number of aryl methyl sites for hydroxylation is 1. The zero-order chi connectivity index (χ0) is 19.3. The summed E-state index contributed by atoms with van der Waals surface area (Å²) in [5.74, 6) is 1.74. The minimum atomic E-state index is -0.240. The Kier molecular flexibility index (Phi) is 4.11. The Morgan fingerprint density at radius 2 is 2.04 bits per heavy atom. The Balaban J connectivity index is 1.45. The lowest BCUT2D eigenvalue weighted by molar-refractivity contribution is 0.0600. The van der Waals surface area contributed by atoms with Crippen molar-refractivity contribution in [2.24, 2.45) is 17.3 Å². The maximum atomic E-state index is 11.9. The standard InChI is InChI=1S/C24H26N2O2/c1-24-10-9-19-18-5-4-16(23(27)28-2)11-15(18)3-6-20(19)22(24)8-7-21(24)17-12-25-14-26-13-17/h4-5,7,11-14,19-20,22H,3,6,8-10H2,1-2H3/t19-,20-,22+,24-/m1/s1. The zero-order valence-electron chi connectivity index (χ0n) is 16.5. The van der Waals surface area contributed by atoms with Crippen LogP contribution in [0.15, 0.2) is 43.0 Å². The molecule has 4 nitrogen and oxygen atoms in total. The van der Waals surface area contributed by atoms with Crippen LogP contribution < -0.4 is 0 Å². The highest BCUT2D eigenvalue weighted by Crippen LogP contribution is 2.62. The molecule has 0 bridgehead atoms. The van der Waals surface area contributed by atoms with E-state index in [9.17, 15) is 4.79 Å². The molecule has 5 rings (SSSR count). The average molecular weight is 374 g/mol. The van der Waals surface area contributed by atoms with Crippen molar-refractivity contribution in [3.8, 4) is 0 Å². The fourth-order valence-electron chi connectivity index (χ4n) is 6.28. The van der Waals surface area contributed by atoms with Gasteiger partial charge in [0, 0.05) is 18.0 Å². The third-order valence-electron chi connectivity index (χ3n) is 7.60. The van der Waals surface area contributed by atoms with Crippen LogP contribution >= 0.6 is 0 Å². The molecule has 3 aliphatic rings. The Labute approximate surface area is 166 Å². The number of fused-ring (bicyclic) bond motifs is 5. The number of ether oxygens (including phenoxy) is 1. The predicted molar refractivity (Wildman–Crippen MR) is 108 cm³/mol. The van der Waals surface area contributed by atoms with Gasteiger partial charge in [-0.25, -0.2) is 14.8 Å². The number of rotatable bonds is 2. The molecule has 3 aliphatic carbocycles. The lowest BCUT2D eigenvalue weighted by Gasteiger charge is -2.50. The molecule has 1 saturated carbocycles. The van der Waals surface area contributed by atoms with Crippen molar-refractivity contribution in [3.63, 3.8) is 0 Å². The second-order valence-electron chi connectivity index (χ2n) is 8.76. The first-order valence-electron chi connectivity index (χ1n) is 10.3. The number of allylic oxidation sites excluding steroid dienone is 2. The van der Waals surface area contributed by atoms with Gasteiger partial charge in [-0.2, -0.15) is 0 Å². The van der Waals surface area contributed by atoms with Crippen molar-refractivity contribution in [1.82, 2.24) is 9.97 Å². The van der Waals surface area contributed by atoms with E-state index in [1.807, 2.05) is 18.5 Å². The largest absolute Gasteiger partial charge is 0.465 e.